The number of para-hydroxylation sites is 8. The molecule has 7 rings (SSSR count). The first-order chi connectivity index (χ1) is 25.4. The molecule has 0 spiro atoms. The lowest BCUT2D eigenvalue weighted by Crippen LogP contribution is -2.16. The quantitative estimate of drug-likeness (QED) is 0.123. The van der Waals surface area contributed by atoms with Gasteiger partial charge in [0.25, 0.3) is 0 Å². The van der Waals surface area contributed by atoms with Gasteiger partial charge < -0.3 is 20.0 Å². The van der Waals surface area contributed by atoms with Gasteiger partial charge in [-0.15, -0.1) is 0 Å². The normalized spacial score (nSPS) is 11.3. The van der Waals surface area contributed by atoms with E-state index in [0.717, 1.165) is 34.1 Å². The Morgan fingerprint density at radius 2 is 0.596 bits per heavy atom. The first kappa shape index (κ1) is 35.0. The average Bonchev–Trinajstić information content (AvgIpc) is 3.17. The van der Waals surface area contributed by atoms with Crippen molar-refractivity contribution in [3.05, 3.63) is 192 Å². The molecule has 7 aromatic carbocycles. The van der Waals surface area contributed by atoms with Gasteiger partial charge in [0, 0.05) is 40.2 Å². The van der Waals surface area contributed by atoms with Crippen molar-refractivity contribution in [1.82, 2.24) is 0 Å². The number of anilines is 8. The highest BCUT2D eigenvalue weighted by Crippen LogP contribution is 2.44. The van der Waals surface area contributed by atoms with Gasteiger partial charge in [0.15, 0.2) is 0 Å². The van der Waals surface area contributed by atoms with Gasteiger partial charge in [0.1, 0.15) is 0 Å². The van der Waals surface area contributed by atoms with E-state index in [1.807, 2.05) is 0 Å². The van der Waals surface area contributed by atoms with E-state index in [4.69, 9.17) is 0 Å². The van der Waals surface area contributed by atoms with E-state index < -0.39 is 0 Å². The average molecular weight is 715 g/mol. The van der Waals surface area contributed by atoms with Crippen molar-refractivity contribution in [2.45, 2.75) is 27.7 Å². The predicted molar refractivity (Wildman–Crippen MR) is 231 cm³/mol. The van der Waals surface area contributed by atoms with E-state index >= 15 is 0 Å². The molecule has 4 nitrogen and oxygen atoms in total. The Morgan fingerprint density at radius 3 is 0.942 bits per heavy atom. The van der Waals surface area contributed by atoms with Crippen molar-refractivity contribution in [3.63, 3.8) is 0 Å². The fourth-order valence-electron chi connectivity index (χ4n) is 6.27. The van der Waals surface area contributed by atoms with Crippen LogP contribution in [0.2, 0.25) is 0 Å². The molecule has 0 heterocycles. The number of aryl methyl sites for hydroxylation is 4. The summed E-state index contributed by atoms with van der Waals surface area (Å²) >= 11 is 0. The topological polar surface area (TPSA) is 30.5 Å². The highest BCUT2D eigenvalue weighted by atomic mass is 31.1. The number of rotatable bonds is 12. The number of hydrogen-bond donors (Lipinski definition) is 2. The lowest BCUT2D eigenvalue weighted by Gasteiger charge is -2.30. The van der Waals surface area contributed by atoms with E-state index in [0.29, 0.717) is 17.5 Å². The van der Waals surface area contributed by atoms with Crippen molar-refractivity contribution < 1.29 is 0 Å². The molecule has 2 N–H and O–H groups in total. The zero-order valence-corrected chi connectivity index (χ0v) is 32.1. The Kier molecular flexibility index (Phi) is 11.0. The van der Waals surface area contributed by atoms with Crippen molar-refractivity contribution in [2.24, 2.45) is 0 Å². The molecule has 258 valence electrons. The summed E-state index contributed by atoms with van der Waals surface area (Å²) in [5, 5.41) is 10.0. The Balaban J connectivity index is 1.21. The number of nitrogens with zero attached hydrogens (tertiary/aromatic N) is 2. The minimum atomic E-state index is 0.391. The summed E-state index contributed by atoms with van der Waals surface area (Å²) in [6, 6.07) is 60.7. The lowest BCUT2D eigenvalue weighted by atomic mass is 10.1. The summed E-state index contributed by atoms with van der Waals surface area (Å²) < 4.78 is 4.92. The molecule has 0 saturated heterocycles. The second-order valence-electron chi connectivity index (χ2n) is 13.0. The van der Waals surface area contributed by atoms with Crippen LogP contribution in [0.15, 0.2) is 170 Å². The van der Waals surface area contributed by atoms with Gasteiger partial charge in [-0.1, -0.05) is 121 Å². The molecule has 0 aromatic heterocycles. The molecule has 0 aliphatic carbocycles. The van der Waals surface area contributed by atoms with Crippen LogP contribution in [-0.4, -0.2) is 0 Å². The number of nitrogens with one attached hydrogen (secondary N) is 2. The maximum Gasteiger partial charge on any atom is 0.0684 e. The molecule has 2 unspecified atom stereocenters. The third-order valence-corrected chi connectivity index (χ3v) is 11.8. The van der Waals surface area contributed by atoms with E-state index in [9.17, 15) is 0 Å². The van der Waals surface area contributed by atoms with Crippen LogP contribution in [0.3, 0.4) is 0 Å². The Labute approximate surface area is 312 Å². The van der Waals surface area contributed by atoms with Crippen LogP contribution in [0.5, 0.6) is 0 Å². The van der Waals surface area contributed by atoms with Gasteiger partial charge in [-0.2, -0.15) is 0 Å². The van der Waals surface area contributed by atoms with E-state index in [1.54, 1.807) is 0 Å². The molecule has 0 amide bonds. The fraction of sp³-hybridized carbons (Fsp3) is 0.0870. The Bertz CT molecular complexity index is 2120. The summed E-state index contributed by atoms with van der Waals surface area (Å²) in [5.74, 6) is 0. The molecule has 0 radical (unpaired) electrons. The predicted octanol–water partition coefficient (Wildman–Crippen LogP) is 12.5. The summed E-state index contributed by atoms with van der Waals surface area (Å²) in [7, 11) is 0.781. The van der Waals surface area contributed by atoms with Crippen LogP contribution in [0.25, 0.3) is 0 Å². The number of hydrogen-bond acceptors (Lipinski definition) is 4. The molecule has 0 bridgehead atoms. The standard InChI is InChI=1S/C46H44N4P2/c1-33-17-5-9-21-39(33)47-41-23-11-15-27-45(41)49(43-25-13-7-19-35(43)3)51-37-29-31-38(32-30-37)52-50(44-26-14-8-20-36(44)4)46-28-16-12-24-42(46)48-40-22-10-6-18-34(40)2/h5-32,47-48,51-52H,1-4H3. The first-order valence-electron chi connectivity index (χ1n) is 17.6. The van der Waals surface area contributed by atoms with E-state index in [1.165, 1.54) is 44.2 Å². The van der Waals surface area contributed by atoms with Crippen LogP contribution in [-0.2, 0) is 0 Å². The van der Waals surface area contributed by atoms with Crippen LogP contribution in [0.1, 0.15) is 22.3 Å². The molecule has 6 heteroatoms. The minimum Gasteiger partial charge on any atom is -0.354 e. The first-order valence-corrected chi connectivity index (χ1v) is 19.5. The monoisotopic (exact) mass is 714 g/mol. The fourth-order valence-corrected chi connectivity index (χ4v) is 8.79. The molecular formula is C46H44N4P2. The largest absolute Gasteiger partial charge is 0.354 e. The smallest absolute Gasteiger partial charge is 0.0684 e. The molecule has 0 aliphatic rings. The zero-order valence-electron chi connectivity index (χ0n) is 30.1. The van der Waals surface area contributed by atoms with Crippen LogP contribution < -0.4 is 30.6 Å². The van der Waals surface area contributed by atoms with Gasteiger partial charge in [-0.05, 0) is 109 Å². The van der Waals surface area contributed by atoms with Crippen LogP contribution in [0.4, 0.5) is 45.5 Å². The molecular weight excluding hydrogens is 670 g/mol. The molecule has 0 saturated carbocycles. The Hall–Kier alpha value is -5.40. The molecule has 7 aromatic rings. The highest BCUT2D eigenvalue weighted by Gasteiger charge is 2.19. The Morgan fingerprint density at radius 1 is 0.308 bits per heavy atom. The van der Waals surface area contributed by atoms with Gasteiger partial charge in [-0.25, -0.2) is 0 Å². The second kappa shape index (κ2) is 16.3. The summed E-state index contributed by atoms with van der Waals surface area (Å²) in [6.45, 7) is 8.68. The maximum absolute atomic E-state index is 3.74. The van der Waals surface area contributed by atoms with E-state index in [2.05, 4.69) is 218 Å². The SMILES string of the molecule is Cc1ccccc1Nc1ccccc1N(Pc1ccc(PN(c2ccccc2C)c2ccccc2Nc2ccccc2C)cc1)c1ccccc1C. The van der Waals surface area contributed by atoms with Gasteiger partial charge in [0.2, 0.25) is 0 Å². The van der Waals surface area contributed by atoms with Crippen molar-refractivity contribution in [1.29, 1.82) is 0 Å². The van der Waals surface area contributed by atoms with Crippen LogP contribution >= 0.6 is 17.5 Å². The maximum atomic E-state index is 3.74. The molecule has 0 aliphatic heterocycles. The molecule has 2 atom stereocenters. The third-order valence-electron chi connectivity index (χ3n) is 9.20. The zero-order chi connectivity index (χ0) is 35.9. The van der Waals surface area contributed by atoms with Gasteiger partial charge in [0.05, 0.1) is 22.7 Å². The van der Waals surface area contributed by atoms with Gasteiger partial charge >= 0.3 is 0 Å². The number of benzene rings is 7. The van der Waals surface area contributed by atoms with Crippen molar-refractivity contribution in [2.75, 3.05) is 20.0 Å². The summed E-state index contributed by atoms with van der Waals surface area (Å²) in [4.78, 5) is 0. The van der Waals surface area contributed by atoms with Gasteiger partial charge in [-0.3, -0.25) is 0 Å². The van der Waals surface area contributed by atoms with E-state index in [-0.39, 0.29) is 0 Å². The summed E-state index contributed by atoms with van der Waals surface area (Å²) in [5.41, 5.74) is 14.0. The lowest BCUT2D eigenvalue weighted by molar-refractivity contribution is 1.34. The summed E-state index contributed by atoms with van der Waals surface area (Å²) in [6.07, 6.45) is 0. The van der Waals surface area contributed by atoms with Crippen molar-refractivity contribution >= 4 is 73.6 Å². The minimum absolute atomic E-state index is 0.391. The highest BCUT2D eigenvalue weighted by molar-refractivity contribution is 7.50. The second-order valence-corrected chi connectivity index (χ2v) is 15.5. The molecule has 0 fully saturated rings. The third kappa shape index (κ3) is 8.05. The van der Waals surface area contributed by atoms with Crippen LogP contribution in [0, 0.1) is 27.7 Å². The van der Waals surface area contributed by atoms with Crippen molar-refractivity contribution in [3.8, 4) is 0 Å². The molecule has 52 heavy (non-hydrogen) atoms.